The Hall–Kier alpha value is -0.740. The van der Waals surface area contributed by atoms with Crippen molar-refractivity contribution < 1.29 is 0 Å². The molecule has 22 heavy (non-hydrogen) atoms. The van der Waals surface area contributed by atoms with Gasteiger partial charge in [-0.25, -0.2) is 9.97 Å². The van der Waals surface area contributed by atoms with E-state index in [1.807, 2.05) is 13.8 Å². The molecular formula is C14H22IN5S2. The third kappa shape index (κ3) is 5.47. The van der Waals surface area contributed by atoms with E-state index in [1.165, 1.54) is 9.88 Å². The molecule has 122 valence electrons. The molecule has 0 amide bonds. The van der Waals surface area contributed by atoms with Gasteiger partial charge in [0.2, 0.25) is 0 Å². The first-order chi connectivity index (χ1) is 10.1. The number of nitrogens with zero attached hydrogens (tertiary/aromatic N) is 3. The minimum absolute atomic E-state index is 0. The van der Waals surface area contributed by atoms with Crippen LogP contribution in [0.4, 0.5) is 0 Å². The van der Waals surface area contributed by atoms with Gasteiger partial charge in [-0.2, -0.15) is 0 Å². The van der Waals surface area contributed by atoms with Crippen LogP contribution in [0.2, 0.25) is 0 Å². The monoisotopic (exact) mass is 451 g/mol. The lowest BCUT2D eigenvalue weighted by atomic mass is 10.4. The molecular weight excluding hydrogens is 429 g/mol. The molecule has 0 spiro atoms. The van der Waals surface area contributed by atoms with E-state index in [0.717, 1.165) is 35.3 Å². The summed E-state index contributed by atoms with van der Waals surface area (Å²) in [5.41, 5.74) is 2.15. The van der Waals surface area contributed by atoms with Crippen molar-refractivity contribution in [3.8, 4) is 0 Å². The molecule has 0 atom stereocenters. The van der Waals surface area contributed by atoms with Crippen molar-refractivity contribution in [2.45, 2.75) is 40.3 Å². The molecule has 2 N–H and O–H groups in total. The van der Waals surface area contributed by atoms with E-state index in [0.29, 0.717) is 6.54 Å². The Balaban J connectivity index is 0.00000242. The first kappa shape index (κ1) is 19.3. The van der Waals surface area contributed by atoms with Crippen LogP contribution in [0.15, 0.2) is 10.4 Å². The molecule has 2 aromatic rings. The Labute approximate surface area is 156 Å². The van der Waals surface area contributed by atoms with Crippen molar-refractivity contribution in [1.29, 1.82) is 0 Å². The summed E-state index contributed by atoms with van der Waals surface area (Å²) < 4.78 is 0. The third-order valence-electron chi connectivity index (χ3n) is 2.98. The van der Waals surface area contributed by atoms with Crippen LogP contribution >= 0.6 is 46.7 Å². The summed E-state index contributed by atoms with van der Waals surface area (Å²) in [6, 6.07) is 0. The number of halogens is 1. The average Bonchev–Trinajstić information content (AvgIpc) is 3.05. The van der Waals surface area contributed by atoms with Gasteiger partial charge in [0, 0.05) is 17.3 Å². The normalized spacial score (nSPS) is 11.2. The summed E-state index contributed by atoms with van der Waals surface area (Å²) in [4.78, 5) is 14.4. The second-order valence-corrected chi connectivity index (χ2v) is 6.84. The van der Waals surface area contributed by atoms with Gasteiger partial charge in [0.15, 0.2) is 5.96 Å². The Morgan fingerprint density at radius 1 is 1.23 bits per heavy atom. The zero-order valence-electron chi connectivity index (χ0n) is 13.3. The second kappa shape index (κ2) is 9.41. The summed E-state index contributed by atoms with van der Waals surface area (Å²) in [5, 5.41) is 11.0. The van der Waals surface area contributed by atoms with E-state index in [-0.39, 0.29) is 24.0 Å². The van der Waals surface area contributed by atoms with Crippen molar-refractivity contribution in [3.05, 3.63) is 31.7 Å². The molecule has 2 aromatic heterocycles. The highest BCUT2D eigenvalue weighted by molar-refractivity contribution is 14.0. The Morgan fingerprint density at radius 2 is 1.95 bits per heavy atom. The van der Waals surface area contributed by atoms with Crippen LogP contribution in [0.5, 0.6) is 0 Å². The van der Waals surface area contributed by atoms with E-state index >= 15 is 0 Å². The van der Waals surface area contributed by atoms with Crippen LogP contribution in [0, 0.1) is 13.8 Å². The van der Waals surface area contributed by atoms with Crippen LogP contribution in [0.3, 0.4) is 0 Å². The quantitative estimate of drug-likeness (QED) is 0.416. The number of rotatable bonds is 5. The lowest BCUT2D eigenvalue weighted by molar-refractivity contribution is 0.797. The van der Waals surface area contributed by atoms with E-state index in [2.05, 4.69) is 37.9 Å². The number of aromatic nitrogens is 2. The number of nitrogens with one attached hydrogen (secondary N) is 2. The van der Waals surface area contributed by atoms with Crippen LogP contribution < -0.4 is 10.6 Å². The second-order valence-electron chi connectivity index (χ2n) is 4.61. The van der Waals surface area contributed by atoms with Crippen molar-refractivity contribution >= 4 is 52.6 Å². The highest BCUT2D eigenvalue weighted by Gasteiger charge is 2.06. The number of aryl methyl sites for hydroxylation is 3. The molecule has 0 aliphatic heterocycles. The average molecular weight is 451 g/mol. The van der Waals surface area contributed by atoms with Gasteiger partial charge in [-0.1, -0.05) is 6.92 Å². The molecule has 0 saturated heterocycles. The van der Waals surface area contributed by atoms with Crippen molar-refractivity contribution in [2.24, 2.45) is 4.99 Å². The molecule has 0 unspecified atom stereocenters. The first-order valence-corrected chi connectivity index (χ1v) is 8.62. The predicted molar refractivity (Wildman–Crippen MR) is 106 cm³/mol. The molecule has 0 fully saturated rings. The SMILES string of the molecule is CCc1nc(CNC(=NC)NCc2sc(C)nc2C)cs1.I. The largest absolute Gasteiger partial charge is 0.351 e. The maximum absolute atomic E-state index is 4.54. The fraction of sp³-hybridized carbons (Fsp3) is 0.500. The molecule has 8 heteroatoms. The van der Waals surface area contributed by atoms with Gasteiger partial charge in [0.05, 0.1) is 34.5 Å². The Morgan fingerprint density at radius 3 is 2.50 bits per heavy atom. The van der Waals surface area contributed by atoms with Crippen LogP contribution in [-0.4, -0.2) is 23.0 Å². The predicted octanol–water partition coefficient (Wildman–Crippen LogP) is 3.26. The number of guanidine groups is 1. The van der Waals surface area contributed by atoms with E-state index in [9.17, 15) is 0 Å². The van der Waals surface area contributed by atoms with E-state index in [1.54, 1.807) is 29.7 Å². The number of thiazole rings is 2. The molecule has 0 saturated carbocycles. The standard InChI is InChI=1S/C14H21N5S2.HI/c1-5-13-19-11(8-20-13)6-16-14(15-4)17-7-12-9(2)18-10(3)21-12;/h8H,5-7H2,1-4H3,(H2,15,16,17);1H. The van der Waals surface area contributed by atoms with Crippen LogP contribution in [0.1, 0.15) is 33.2 Å². The van der Waals surface area contributed by atoms with Gasteiger partial charge in [-0.3, -0.25) is 4.99 Å². The van der Waals surface area contributed by atoms with Gasteiger partial charge < -0.3 is 10.6 Å². The Bertz CT molecular complexity index is 621. The summed E-state index contributed by atoms with van der Waals surface area (Å²) in [6.07, 6.45) is 0.988. The van der Waals surface area contributed by atoms with Crippen molar-refractivity contribution in [2.75, 3.05) is 7.05 Å². The van der Waals surface area contributed by atoms with E-state index < -0.39 is 0 Å². The first-order valence-electron chi connectivity index (χ1n) is 6.93. The summed E-state index contributed by atoms with van der Waals surface area (Å²) in [7, 11) is 1.78. The fourth-order valence-corrected chi connectivity index (χ4v) is 3.51. The summed E-state index contributed by atoms with van der Waals surface area (Å²) >= 11 is 3.43. The van der Waals surface area contributed by atoms with Crippen LogP contribution in [0.25, 0.3) is 0 Å². The minimum Gasteiger partial charge on any atom is -0.351 e. The zero-order valence-corrected chi connectivity index (χ0v) is 17.2. The molecule has 5 nitrogen and oxygen atoms in total. The van der Waals surface area contributed by atoms with Crippen molar-refractivity contribution in [1.82, 2.24) is 20.6 Å². The summed E-state index contributed by atoms with van der Waals surface area (Å²) in [5.74, 6) is 0.784. The van der Waals surface area contributed by atoms with Gasteiger partial charge in [0.25, 0.3) is 0 Å². The highest BCUT2D eigenvalue weighted by Crippen LogP contribution is 2.16. The lowest BCUT2D eigenvalue weighted by Crippen LogP contribution is -2.36. The number of hydrogen-bond donors (Lipinski definition) is 2. The summed E-state index contributed by atoms with van der Waals surface area (Å²) in [6.45, 7) is 7.63. The smallest absolute Gasteiger partial charge is 0.191 e. The highest BCUT2D eigenvalue weighted by atomic mass is 127. The molecule has 0 bridgehead atoms. The molecule has 2 rings (SSSR count). The van der Waals surface area contributed by atoms with Gasteiger partial charge in [-0.15, -0.1) is 46.7 Å². The van der Waals surface area contributed by atoms with Gasteiger partial charge in [-0.05, 0) is 20.3 Å². The molecule has 0 aromatic carbocycles. The van der Waals surface area contributed by atoms with Crippen molar-refractivity contribution in [3.63, 3.8) is 0 Å². The van der Waals surface area contributed by atoms with Gasteiger partial charge >= 0.3 is 0 Å². The molecule has 0 aliphatic rings. The van der Waals surface area contributed by atoms with E-state index in [4.69, 9.17) is 0 Å². The molecule has 2 heterocycles. The minimum atomic E-state index is 0. The lowest BCUT2D eigenvalue weighted by Gasteiger charge is -2.10. The third-order valence-corrected chi connectivity index (χ3v) is 5.09. The zero-order chi connectivity index (χ0) is 15.2. The fourth-order valence-electron chi connectivity index (χ4n) is 1.89. The van der Waals surface area contributed by atoms with Crippen LogP contribution in [-0.2, 0) is 19.5 Å². The number of aliphatic imine (C=N–C) groups is 1. The van der Waals surface area contributed by atoms with Gasteiger partial charge in [0.1, 0.15) is 0 Å². The maximum atomic E-state index is 4.54. The topological polar surface area (TPSA) is 62.2 Å². The maximum Gasteiger partial charge on any atom is 0.191 e. The molecule has 0 radical (unpaired) electrons. The molecule has 0 aliphatic carbocycles. The number of hydrogen-bond acceptors (Lipinski definition) is 5. The Kier molecular flexibility index (Phi) is 8.26.